The Balaban J connectivity index is 1.58. The van der Waals surface area contributed by atoms with Gasteiger partial charge in [0.05, 0.1) is 0 Å². The topological polar surface area (TPSA) is 58.6 Å². The molecule has 0 saturated carbocycles. The lowest BCUT2D eigenvalue weighted by Crippen LogP contribution is -2.35. The lowest BCUT2D eigenvalue weighted by atomic mass is 10.0. The van der Waals surface area contributed by atoms with Gasteiger partial charge in [-0.2, -0.15) is 0 Å². The number of anilines is 1. The normalized spacial score (nSPS) is 16.5. The molecule has 0 aliphatic carbocycles. The van der Waals surface area contributed by atoms with E-state index in [-0.39, 0.29) is 11.9 Å². The number of nitrogens with zero attached hydrogens (tertiary/aromatic N) is 1. The summed E-state index contributed by atoms with van der Waals surface area (Å²) in [6.45, 7) is 6.26. The summed E-state index contributed by atoms with van der Waals surface area (Å²) in [7, 11) is 0. The summed E-state index contributed by atoms with van der Waals surface area (Å²) in [4.78, 5) is 26.9. The highest BCUT2D eigenvalue weighted by atomic mass is 16.6. The Hall–Kier alpha value is -2.82. The van der Waals surface area contributed by atoms with E-state index in [1.165, 1.54) is 5.56 Å². The summed E-state index contributed by atoms with van der Waals surface area (Å²) in [5.41, 5.74) is 2.01. The molecule has 2 amide bonds. The first-order valence-electron chi connectivity index (χ1n) is 10.3. The zero-order chi connectivity index (χ0) is 20.9. The molecule has 5 heteroatoms. The van der Waals surface area contributed by atoms with Gasteiger partial charge >= 0.3 is 6.09 Å². The number of likely N-dealkylation sites (tertiary alicyclic amines) is 1. The Bertz CT molecular complexity index is 825. The van der Waals surface area contributed by atoms with Gasteiger partial charge in [-0.3, -0.25) is 10.1 Å². The number of benzene rings is 2. The first-order chi connectivity index (χ1) is 13.8. The molecule has 1 saturated heterocycles. The molecule has 2 aromatic rings. The first-order valence-corrected chi connectivity index (χ1v) is 10.3. The SMILES string of the molecule is CC(C)(C)OC(=O)Nc1ccc(C(=O)N2CCCC2CCc2ccccc2)cc1. The average molecular weight is 395 g/mol. The van der Waals surface area contributed by atoms with Crippen molar-refractivity contribution in [2.75, 3.05) is 11.9 Å². The van der Waals surface area contributed by atoms with Crippen LogP contribution in [0.3, 0.4) is 0 Å². The fraction of sp³-hybridized carbons (Fsp3) is 0.417. The lowest BCUT2D eigenvalue weighted by Gasteiger charge is -2.25. The van der Waals surface area contributed by atoms with Crippen LogP contribution in [0.25, 0.3) is 0 Å². The van der Waals surface area contributed by atoms with Gasteiger partial charge < -0.3 is 9.64 Å². The van der Waals surface area contributed by atoms with Gasteiger partial charge in [-0.15, -0.1) is 0 Å². The Labute approximate surface area is 173 Å². The van der Waals surface area contributed by atoms with E-state index in [1.807, 2.05) is 31.7 Å². The van der Waals surface area contributed by atoms with Gasteiger partial charge in [-0.05, 0) is 76.3 Å². The molecule has 1 fully saturated rings. The maximum atomic E-state index is 13.0. The molecule has 0 radical (unpaired) electrons. The molecule has 1 heterocycles. The van der Waals surface area contributed by atoms with E-state index in [0.29, 0.717) is 11.3 Å². The highest BCUT2D eigenvalue weighted by molar-refractivity contribution is 5.95. The molecule has 1 N–H and O–H groups in total. The fourth-order valence-corrected chi connectivity index (χ4v) is 3.66. The van der Waals surface area contributed by atoms with Crippen molar-refractivity contribution in [2.24, 2.45) is 0 Å². The first kappa shape index (κ1) is 20.9. The molecule has 154 valence electrons. The Morgan fingerprint density at radius 3 is 2.41 bits per heavy atom. The Morgan fingerprint density at radius 2 is 1.76 bits per heavy atom. The van der Waals surface area contributed by atoms with E-state index in [4.69, 9.17) is 4.74 Å². The maximum Gasteiger partial charge on any atom is 0.412 e. The second kappa shape index (κ2) is 9.12. The minimum Gasteiger partial charge on any atom is -0.444 e. The lowest BCUT2D eigenvalue weighted by molar-refractivity contribution is 0.0635. The molecule has 3 rings (SSSR count). The van der Waals surface area contributed by atoms with Crippen molar-refractivity contribution in [1.29, 1.82) is 0 Å². The van der Waals surface area contributed by atoms with Crippen molar-refractivity contribution >= 4 is 17.7 Å². The third-order valence-corrected chi connectivity index (χ3v) is 5.02. The number of carbonyl (C=O) groups is 2. The molecular formula is C24H30N2O3. The zero-order valence-electron chi connectivity index (χ0n) is 17.5. The van der Waals surface area contributed by atoms with Crippen LogP contribution in [0.4, 0.5) is 10.5 Å². The number of amides is 2. The third kappa shape index (κ3) is 6.08. The van der Waals surface area contributed by atoms with Crippen molar-refractivity contribution in [3.05, 3.63) is 65.7 Å². The quantitative estimate of drug-likeness (QED) is 0.751. The second-order valence-corrected chi connectivity index (χ2v) is 8.52. The molecular weight excluding hydrogens is 364 g/mol. The van der Waals surface area contributed by atoms with E-state index in [9.17, 15) is 9.59 Å². The van der Waals surface area contributed by atoms with Gasteiger partial charge in [0, 0.05) is 23.8 Å². The van der Waals surface area contributed by atoms with Crippen LogP contribution in [-0.4, -0.2) is 35.1 Å². The van der Waals surface area contributed by atoms with Gasteiger partial charge in [-0.1, -0.05) is 30.3 Å². The van der Waals surface area contributed by atoms with Gasteiger partial charge in [0.15, 0.2) is 0 Å². The summed E-state index contributed by atoms with van der Waals surface area (Å²) in [5.74, 6) is 0.0596. The van der Waals surface area contributed by atoms with Crippen LogP contribution in [0.1, 0.15) is 56.0 Å². The van der Waals surface area contributed by atoms with Gasteiger partial charge in [0.25, 0.3) is 5.91 Å². The second-order valence-electron chi connectivity index (χ2n) is 8.52. The fourth-order valence-electron chi connectivity index (χ4n) is 3.66. The molecule has 0 bridgehead atoms. The number of nitrogens with one attached hydrogen (secondary N) is 1. The number of ether oxygens (including phenoxy) is 1. The van der Waals surface area contributed by atoms with Crippen molar-refractivity contribution in [3.8, 4) is 0 Å². The highest BCUT2D eigenvalue weighted by Gasteiger charge is 2.29. The standard InChI is InChI=1S/C24H30N2O3/c1-24(2,3)29-23(28)25-20-14-12-19(13-15-20)22(27)26-17-7-10-21(26)16-11-18-8-5-4-6-9-18/h4-6,8-9,12-15,21H,7,10-11,16-17H2,1-3H3,(H,25,28). The van der Waals surface area contributed by atoms with Gasteiger partial charge in [0.1, 0.15) is 5.60 Å². The average Bonchev–Trinajstić information content (AvgIpc) is 3.14. The maximum absolute atomic E-state index is 13.0. The molecule has 2 aromatic carbocycles. The van der Waals surface area contributed by atoms with E-state index < -0.39 is 11.7 Å². The number of hydrogen-bond acceptors (Lipinski definition) is 3. The van der Waals surface area contributed by atoms with Crippen LogP contribution in [-0.2, 0) is 11.2 Å². The molecule has 0 aromatic heterocycles. The summed E-state index contributed by atoms with van der Waals surface area (Å²) in [6, 6.07) is 17.7. The summed E-state index contributed by atoms with van der Waals surface area (Å²) >= 11 is 0. The minimum absolute atomic E-state index is 0.0596. The summed E-state index contributed by atoms with van der Waals surface area (Å²) in [5, 5.41) is 2.70. The van der Waals surface area contributed by atoms with Gasteiger partial charge in [0.2, 0.25) is 0 Å². The largest absolute Gasteiger partial charge is 0.444 e. The van der Waals surface area contributed by atoms with Crippen molar-refractivity contribution in [3.63, 3.8) is 0 Å². The van der Waals surface area contributed by atoms with Crippen LogP contribution < -0.4 is 5.32 Å². The van der Waals surface area contributed by atoms with Crippen molar-refractivity contribution in [2.45, 2.75) is 58.1 Å². The Morgan fingerprint density at radius 1 is 1.07 bits per heavy atom. The molecule has 1 unspecified atom stereocenters. The van der Waals surface area contributed by atoms with Crippen LogP contribution in [0, 0.1) is 0 Å². The van der Waals surface area contributed by atoms with Gasteiger partial charge in [-0.25, -0.2) is 4.79 Å². The molecule has 1 atom stereocenters. The monoisotopic (exact) mass is 394 g/mol. The van der Waals surface area contributed by atoms with Crippen LogP contribution in [0.5, 0.6) is 0 Å². The minimum atomic E-state index is -0.551. The predicted octanol–water partition coefficient (Wildman–Crippen LogP) is 5.27. The number of aryl methyl sites for hydroxylation is 1. The third-order valence-electron chi connectivity index (χ3n) is 5.02. The van der Waals surface area contributed by atoms with E-state index in [0.717, 1.165) is 32.2 Å². The summed E-state index contributed by atoms with van der Waals surface area (Å²) < 4.78 is 5.25. The summed E-state index contributed by atoms with van der Waals surface area (Å²) in [6.07, 6.45) is 3.56. The molecule has 29 heavy (non-hydrogen) atoms. The number of hydrogen-bond donors (Lipinski definition) is 1. The zero-order valence-corrected chi connectivity index (χ0v) is 17.5. The molecule has 0 spiro atoms. The molecule has 1 aliphatic heterocycles. The van der Waals surface area contributed by atoms with Crippen LogP contribution in [0.15, 0.2) is 54.6 Å². The van der Waals surface area contributed by atoms with E-state index >= 15 is 0 Å². The number of carbonyl (C=O) groups excluding carboxylic acids is 2. The van der Waals surface area contributed by atoms with Crippen LogP contribution >= 0.6 is 0 Å². The molecule has 1 aliphatic rings. The van der Waals surface area contributed by atoms with Crippen molar-refractivity contribution in [1.82, 2.24) is 4.90 Å². The van der Waals surface area contributed by atoms with Crippen molar-refractivity contribution < 1.29 is 14.3 Å². The Kier molecular flexibility index (Phi) is 6.57. The predicted molar refractivity (Wildman–Crippen MR) is 115 cm³/mol. The highest BCUT2D eigenvalue weighted by Crippen LogP contribution is 2.24. The van der Waals surface area contributed by atoms with E-state index in [2.05, 4.69) is 29.6 Å². The van der Waals surface area contributed by atoms with E-state index in [1.54, 1.807) is 24.3 Å². The number of rotatable bonds is 5. The van der Waals surface area contributed by atoms with Crippen LogP contribution in [0.2, 0.25) is 0 Å². The smallest absolute Gasteiger partial charge is 0.412 e. The molecule has 5 nitrogen and oxygen atoms in total.